The van der Waals surface area contributed by atoms with Crippen molar-refractivity contribution in [1.82, 2.24) is 4.98 Å². The summed E-state index contributed by atoms with van der Waals surface area (Å²) in [6.07, 6.45) is 3.49. The van der Waals surface area contributed by atoms with Crippen LogP contribution in [0.5, 0.6) is 0 Å². The van der Waals surface area contributed by atoms with Crippen molar-refractivity contribution in [1.29, 1.82) is 0 Å². The van der Waals surface area contributed by atoms with E-state index in [1.165, 1.54) is 28.6 Å². The first kappa shape index (κ1) is 10.4. The molecule has 1 aromatic carbocycles. The molecule has 1 aliphatic carbocycles. The number of benzene rings is 1. The molecule has 2 aromatic rings. The Morgan fingerprint density at radius 3 is 3.12 bits per heavy atom. The number of aryl methyl sites for hydroxylation is 1. The largest absolute Gasteiger partial charge is 0.358 e. The highest BCUT2D eigenvalue weighted by Crippen LogP contribution is 2.32. The summed E-state index contributed by atoms with van der Waals surface area (Å²) in [5, 5.41) is 1.37. The van der Waals surface area contributed by atoms with E-state index in [1.54, 1.807) is 0 Å². The molecule has 2 nitrogen and oxygen atoms in total. The molecular formula is C13H15BrN2. The Bertz CT molecular complexity index is 530. The van der Waals surface area contributed by atoms with Gasteiger partial charge in [0.2, 0.25) is 0 Å². The van der Waals surface area contributed by atoms with Crippen LogP contribution in [0.1, 0.15) is 17.7 Å². The number of rotatable bonds is 1. The van der Waals surface area contributed by atoms with Gasteiger partial charge < -0.3 is 10.7 Å². The van der Waals surface area contributed by atoms with Gasteiger partial charge in [0.25, 0.3) is 0 Å². The maximum Gasteiger partial charge on any atom is 0.0470 e. The number of nitrogens with two attached hydrogens (primary N) is 1. The van der Waals surface area contributed by atoms with Crippen molar-refractivity contribution in [2.45, 2.75) is 19.3 Å². The summed E-state index contributed by atoms with van der Waals surface area (Å²) in [5.74, 6) is 0.662. The van der Waals surface area contributed by atoms with Crippen LogP contribution in [-0.4, -0.2) is 11.5 Å². The molecule has 84 valence electrons. The van der Waals surface area contributed by atoms with E-state index in [1.807, 2.05) is 0 Å². The van der Waals surface area contributed by atoms with Crippen molar-refractivity contribution in [2.75, 3.05) is 6.54 Å². The average Bonchev–Trinajstić information content (AvgIpc) is 2.65. The predicted octanol–water partition coefficient (Wildman–Crippen LogP) is 2.99. The van der Waals surface area contributed by atoms with Crippen LogP contribution in [-0.2, 0) is 12.8 Å². The Hall–Kier alpha value is -0.800. The molecule has 3 rings (SSSR count). The number of aromatic amines is 1. The van der Waals surface area contributed by atoms with E-state index in [0.29, 0.717) is 5.92 Å². The molecule has 0 radical (unpaired) electrons. The zero-order valence-corrected chi connectivity index (χ0v) is 10.7. The first-order chi connectivity index (χ1) is 7.78. The van der Waals surface area contributed by atoms with Crippen LogP contribution in [0.4, 0.5) is 0 Å². The highest BCUT2D eigenvalue weighted by molar-refractivity contribution is 9.10. The lowest BCUT2D eigenvalue weighted by Crippen LogP contribution is -2.21. The SMILES string of the molecule is NCC1CCc2[nH]c3cc(Br)ccc3c2C1. The van der Waals surface area contributed by atoms with Crippen LogP contribution in [0.25, 0.3) is 10.9 Å². The van der Waals surface area contributed by atoms with Crippen LogP contribution >= 0.6 is 15.9 Å². The summed E-state index contributed by atoms with van der Waals surface area (Å²) < 4.78 is 1.13. The van der Waals surface area contributed by atoms with Gasteiger partial charge in [-0.1, -0.05) is 22.0 Å². The Labute approximate surface area is 103 Å². The van der Waals surface area contributed by atoms with Crippen LogP contribution in [0, 0.1) is 5.92 Å². The minimum atomic E-state index is 0.662. The molecule has 0 saturated heterocycles. The molecule has 1 unspecified atom stereocenters. The number of H-pyrrole nitrogens is 1. The fraction of sp³-hybridized carbons (Fsp3) is 0.385. The van der Waals surface area contributed by atoms with Crippen molar-refractivity contribution in [3.63, 3.8) is 0 Å². The highest BCUT2D eigenvalue weighted by Gasteiger charge is 2.21. The number of halogens is 1. The van der Waals surface area contributed by atoms with Crippen molar-refractivity contribution in [3.05, 3.63) is 33.9 Å². The average molecular weight is 279 g/mol. The van der Waals surface area contributed by atoms with Gasteiger partial charge in [0.1, 0.15) is 0 Å². The summed E-state index contributed by atoms with van der Waals surface area (Å²) in [4.78, 5) is 3.53. The van der Waals surface area contributed by atoms with Gasteiger partial charge in [-0.15, -0.1) is 0 Å². The molecule has 1 aliphatic rings. The first-order valence-corrected chi connectivity index (χ1v) is 6.56. The van der Waals surface area contributed by atoms with E-state index in [-0.39, 0.29) is 0 Å². The van der Waals surface area contributed by atoms with Gasteiger partial charge in [-0.25, -0.2) is 0 Å². The molecule has 0 saturated carbocycles. The molecule has 0 bridgehead atoms. The summed E-state index contributed by atoms with van der Waals surface area (Å²) in [6, 6.07) is 6.47. The van der Waals surface area contributed by atoms with E-state index in [9.17, 15) is 0 Å². The van der Waals surface area contributed by atoms with Gasteiger partial charge in [-0.3, -0.25) is 0 Å². The molecular weight excluding hydrogens is 264 g/mol. The van der Waals surface area contributed by atoms with Crippen LogP contribution in [0.2, 0.25) is 0 Å². The van der Waals surface area contributed by atoms with Crippen LogP contribution < -0.4 is 5.73 Å². The van der Waals surface area contributed by atoms with E-state index >= 15 is 0 Å². The molecule has 3 N–H and O–H groups in total. The van der Waals surface area contributed by atoms with Crippen LogP contribution in [0.15, 0.2) is 22.7 Å². The summed E-state index contributed by atoms with van der Waals surface area (Å²) in [5.41, 5.74) is 9.93. The third-order valence-electron chi connectivity index (χ3n) is 3.59. The van der Waals surface area contributed by atoms with Crippen LogP contribution in [0.3, 0.4) is 0 Å². The smallest absolute Gasteiger partial charge is 0.0470 e. The highest BCUT2D eigenvalue weighted by atomic mass is 79.9. The quantitative estimate of drug-likeness (QED) is 0.828. The molecule has 0 spiro atoms. The summed E-state index contributed by atoms with van der Waals surface area (Å²) in [6.45, 7) is 0.808. The standard InChI is InChI=1S/C13H15BrN2/c14-9-2-3-10-11-5-8(7-15)1-4-12(11)16-13(10)6-9/h2-3,6,8,16H,1,4-5,7,15H2. The number of hydrogen-bond acceptors (Lipinski definition) is 1. The fourth-order valence-corrected chi connectivity index (χ4v) is 3.03. The van der Waals surface area contributed by atoms with Gasteiger partial charge in [0.15, 0.2) is 0 Å². The molecule has 1 atom stereocenters. The van der Waals surface area contributed by atoms with Crippen molar-refractivity contribution >= 4 is 26.8 Å². The van der Waals surface area contributed by atoms with E-state index in [2.05, 4.69) is 39.1 Å². The number of hydrogen-bond donors (Lipinski definition) is 2. The van der Waals surface area contributed by atoms with Crippen molar-refractivity contribution in [2.24, 2.45) is 11.7 Å². The third kappa shape index (κ3) is 1.59. The van der Waals surface area contributed by atoms with E-state index in [4.69, 9.17) is 5.73 Å². The lowest BCUT2D eigenvalue weighted by molar-refractivity contribution is 0.468. The lowest BCUT2D eigenvalue weighted by Gasteiger charge is -2.20. The first-order valence-electron chi connectivity index (χ1n) is 5.77. The molecule has 0 aliphatic heterocycles. The second-order valence-corrected chi connectivity index (χ2v) is 5.53. The normalized spacial score (nSPS) is 20.0. The maximum absolute atomic E-state index is 5.78. The lowest BCUT2D eigenvalue weighted by atomic mass is 9.86. The molecule has 1 heterocycles. The minimum Gasteiger partial charge on any atom is -0.358 e. The zero-order valence-electron chi connectivity index (χ0n) is 9.09. The second-order valence-electron chi connectivity index (χ2n) is 4.62. The van der Waals surface area contributed by atoms with Gasteiger partial charge in [0, 0.05) is 21.1 Å². The molecule has 16 heavy (non-hydrogen) atoms. The summed E-state index contributed by atoms with van der Waals surface area (Å²) >= 11 is 3.51. The van der Waals surface area contributed by atoms with Gasteiger partial charge in [-0.2, -0.15) is 0 Å². The van der Waals surface area contributed by atoms with E-state index in [0.717, 1.165) is 23.9 Å². The van der Waals surface area contributed by atoms with Gasteiger partial charge in [-0.05, 0) is 49.4 Å². The second kappa shape index (κ2) is 3.90. The molecule has 0 fully saturated rings. The van der Waals surface area contributed by atoms with Crippen molar-refractivity contribution in [3.8, 4) is 0 Å². The fourth-order valence-electron chi connectivity index (χ4n) is 2.67. The molecule has 0 amide bonds. The molecule has 3 heteroatoms. The maximum atomic E-state index is 5.78. The van der Waals surface area contributed by atoms with Gasteiger partial charge in [0.05, 0.1) is 0 Å². The minimum absolute atomic E-state index is 0.662. The Morgan fingerprint density at radius 1 is 1.44 bits per heavy atom. The topological polar surface area (TPSA) is 41.8 Å². The Balaban J connectivity index is 2.14. The predicted molar refractivity (Wildman–Crippen MR) is 70.6 cm³/mol. The number of aromatic nitrogens is 1. The number of nitrogens with one attached hydrogen (secondary N) is 1. The molecule has 1 aromatic heterocycles. The zero-order chi connectivity index (χ0) is 11.1. The van der Waals surface area contributed by atoms with E-state index < -0.39 is 0 Å². The third-order valence-corrected chi connectivity index (χ3v) is 4.08. The van der Waals surface area contributed by atoms with Gasteiger partial charge >= 0.3 is 0 Å². The van der Waals surface area contributed by atoms with Crippen molar-refractivity contribution < 1.29 is 0 Å². The monoisotopic (exact) mass is 278 g/mol. The summed E-state index contributed by atoms with van der Waals surface area (Å²) in [7, 11) is 0. The Kier molecular flexibility index (Phi) is 2.52. The number of fused-ring (bicyclic) bond motifs is 3. The Morgan fingerprint density at radius 2 is 2.31 bits per heavy atom.